The normalized spacial score (nSPS) is 9.77. The van der Waals surface area contributed by atoms with Gasteiger partial charge in [-0.1, -0.05) is 0 Å². The van der Waals surface area contributed by atoms with Crippen molar-refractivity contribution in [3.8, 4) is 0 Å². The molecule has 0 unspecified atom stereocenters. The number of ether oxygens (including phenoxy) is 3. The lowest BCUT2D eigenvalue weighted by Crippen LogP contribution is -2.13. The van der Waals surface area contributed by atoms with Crippen molar-refractivity contribution in [3.05, 3.63) is 29.3 Å². The van der Waals surface area contributed by atoms with Crippen molar-refractivity contribution in [1.82, 2.24) is 0 Å². The molecule has 1 aromatic carbocycles. The summed E-state index contributed by atoms with van der Waals surface area (Å²) in [5.41, 5.74) is 0.931. The van der Waals surface area contributed by atoms with E-state index in [0.29, 0.717) is 18.8 Å². The van der Waals surface area contributed by atoms with Gasteiger partial charge >= 0.3 is 17.9 Å². The number of carbonyl (C=O) groups is 3. The molecule has 0 heterocycles. The van der Waals surface area contributed by atoms with E-state index in [-0.39, 0.29) is 23.5 Å². The summed E-state index contributed by atoms with van der Waals surface area (Å²) < 4.78 is 14.1. The second-order valence-corrected chi connectivity index (χ2v) is 4.26. The van der Waals surface area contributed by atoms with Gasteiger partial charge < -0.3 is 19.5 Å². The van der Waals surface area contributed by atoms with E-state index in [9.17, 15) is 14.4 Å². The fourth-order valence-electron chi connectivity index (χ4n) is 1.74. The standard InChI is InChI=1S/C15H19NO6/c1-4-22-13(17)5-6-16-12-8-10(14(18)20-2)7-11(9-12)15(19)21-3/h7-9,16H,4-6H2,1-3H3. The summed E-state index contributed by atoms with van der Waals surface area (Å²) >= 11 is 0. The smallest absolute Gasteiger partial charge is 0.337 e. The molecule has 0 aromatic heterocycles. The van der Waals surface area contributed by atoms with Crippen LogP contribution in [0, 0.1) is 0 Å². The largest absolute Gasteiger partial charge is 0.466 e. The summed E-state index contributed by atoms with van der Waals surface area (Å²) in [7, 11) is 2.50. The summed E-state index contributed by atoms with van der Waals surface area (Å²) in [4.78, 5) is 34.5. The molecule has 7 nitrogen and oxygen atoms in total. The highest BCUT2D eigenvalue weighted by molar-refractivity contribution is 5.96. The van der Waals surface area contributed by atoms with Crippen LogP contribution < -0.4 is 5.32 Å². The van der Waals surface area contributed by atoms with Gasteiger partial charge in [-0.15, -0.1) is 0 Å². The minimum Gasteiger partial charge on any atom is -0.466 e. The monoisotopic (exact) mass is 309 g/mol. The number of benzene rings is 1. The third-order valence-corrected chi connectivity index (χ3v) is 2.74. The first-order chi connectivity index (χ1) is 10.5. The van der Waals surface area contributed by atoms with Gasteiger partial charge in [-0.3, -0.25) is 4.79 Å². The number of hydrogen-bond acceptors (Lipinski definition) is 7. The lowest BCUT2D eigenvalue weighted by molar-refractivity contribution is -0.142. The molecule has 0 aliphatic carbocycles. The lowest BCUT2D eigenvalue weighted by atomic mass is 10.1. The van der Waals surface area contributed by atoms with Crippen LogP contribution in [0.25, 0.3) is 0 Å². The van der Waals surface area contributed by atoms with Gasteiger partial charge in [0.05, 0.1) is 38.4 Å². The Kier molecular flexibility index (Phi) is 6.88. The molecule has 120 valence electrons. The minimum absolute atomic E-state index is 0.170. The molecular formula is C15H19NO6. The first kappa shape index (κ1) is 17.5. The fourth-order valence-corrected chi connectivity index (χ4v) is 1.74. The second kappa shape index (κ2) is 8.66. The Labute approximate surface area is 128 Å². The van der Waals surface area contributed by atoms with Gasteiger partial charge in [0.15, 0.2) is 0 Å². The van der Waals surface area contributed by atoms with Gasteiger partial charge in [-0.2, -0.15) is 0 Å². The SMILES string of the molecule is CCOC(=O)CCNc1cc(C(=O)OC)cc(C(=O)OC)c1. The molecule has 0 saturated carbocycles. The molecule has 7 heteroatoms. The van der Waals surface area contributed by atoms with E-state index in [1.54, 1.807) is 6.92 Å². The van der Waals surface area contributed by atoms with Gasteiger partial charge in [-0.25, -0.2) is 9.59 Å². The molecule has 1 aromatic rings. The molecule has 0 bridgehead atoms. The molecule has 22 heavy (non-hydrogen) atoms. The molecule has 0 aliphatic heterocycles. The van der Waals surface area contributed by atoms with Gasteiger partial charge in [0.2, 0.25) is 0 Å². The average Bonchev–Trinajstić information content (AvgIpc) is 2.53. The number of anilines is 1. The minimum atomic E-state index is -0.570. The van der Waals surface area contributed by atoms with Crippen molar-refractivity contribution in [2.75, 3.05) is 32.7 Å². The van der Waals surface area contributed by atoms with E-state index in [1.807, 2.05) is 0 Å². The van der Waals surface area contributed by atoms with Crippen LogP contribution in [0.3, 0.4) is 0 Å². The van der Waals surface area contributed by atoms with Crippen LogP contribution in [0.15, 0.2) is 18.2 Å². The van der Waals surface area contributed by atoms with Crippen LogP contribution in [0.4, 0.5) is 5.69 Å². The summed E-state index contributed by atoms with van der Waals surface area (Å²) in [5, 5.41) is 2.96. The van der Waals surface area contributed by atoms with Crippen molar-refractivity contribution in [3.63, 3.8) is 0 Å². The second-order valence-electron chi connectivity index (χ2n) is 4.26. The van der Waals surface area contributed by atoms with E-state index in [4.69, 9.17) is 4.74 Å². The Morgan fingerprint density at radius 3 is 2.00 bits per heavy atom. The highest BCUT2D eigenvalue weighted by Gasteiger charge is 2.14. The predicted octanol–water partition coefficient (Wildman–Crippen LogP) is 1.62. The number of nitrogens with one attached hydrogen (secondary N) is 1. The molecule has 0 fully saturated rings. The van der Waals surface area contributed by atoms with E-state index in [0.717, 1.165) is 0 Å². The first-order valence-corrected chi connectivity index (χ1v) is 6.73. The van der Waals surface area contributed by atoms with Crippen molar-refractivity contribution in [2.24, 2.45) is 0 Å². The Morgan fingerprint density at radius 1 is 1.00 bits per heavy atom. The van der Waals surface area contributed by atoms with Crippen LogP contribution in [-0.2, 0) is 19.0 Å². The number of methoxy groups -OCH3 is 2. The maximum absolute atomic E-state index is 11.6. The predicted molar refractivity (Wildman–Crippen MR) is 78.9 cm³/mol. The molecule has 0 amide bonds. The zero-order valence-corrected chi connectivity index (χ0v) is 12.8. The average molecular weight is 309 g/mol. The number of esters is 3. The molecule has 0 aliphatic rings. The number of rotatable bonds is 7. The van der Waals surface area contributed by atoms with Gasteiger partial charge in [0.25, 0.3) is 0 Å². The molecule has 0 atom stereocenters. The van der Waals surface area contributed by atoms with Crippen molar-refractivity contribution in [1.29, 1.82) is 0 Å². The first-order valence-electron chi connectivity index (χ1n) is 6.73. The van der Waals surface area contributed by atoms with Crippen LogP contribution in [0.2, 0.25) is 0 Å². The lowest BCUT2D eigenvalue weighted by Gasteiger charge is -2.10. The Hall–Kier alpha value is -2.57. The van der Waals surface area contributed by atoms with E-state index in [2.05, 4.69) is 14.8 Å². The molecule has 0 spiro atoms. The zero-order valence-electron chi connectivity index (χ0n) is 12.8. The highest BCUT2D eigenvalue weighted by Crippen LogP contribution is 2.17. The van der Waals surface area contributed by atoms with Crippen molar-refractivity contribution >= 4 is 23.6 Å². The summed E-state index contributed by atoms with van der Waals surface area (Å²) in [5.74, 6) is -1.47. The summed E-state index contributed by atoms with van der Waals surface area (Å²) in [6.07, 6.45) is 0.170. The molecule has 1 N–H and O–H groups in total. The summed E-state index contributed by atoms with van der Waals surface area (Å²) in [6.45, 7) is 2.36. The molecule has 1 rings (SSSR count). The molecule has 0 saturated heterocycles. The molecule has 0 radical (unpaired) electrons. The van der Waals surface area contributed by atoms with E-state index < -0.39 is 11.9 Å². The topological polar surface area (TPSA) is 90.9 Å². The quantitative estimate of drug-likeness (QED) is 0.604. The molecular weight excluding hydrogens is 290 g/mol. The number of hydrogen-bond donors (Lipinski definition) is 1. The van der Waals surface area contributed by atoms with Crippen molar-refractivity contribution < 1.29 is 28.6 Å². The van der Waals surface area contributed by atoms with Gasteiger partial charge in [-0.05, 0) is 25.1 Å². The summed E-state index contributed by atoms with van der Waals surface area (Å²) in [6, 6.07) is 4.45. The Balaban J connectivity index is 2.86. The van der Waals surface area contributed by atoms with E-state index in [1.165, 1.54) is 32.4 Å². The van der Waals surface area contributed by atoms with E-state index >= 15 is 0 Å². The Morgan fingerprint density at radius 2 is 1.55 bits per heavy atom. The maximum atomic E-state index is 11.6. The Bertz CT molecular complexity index is 521. The van der Waals surface area contributed by atoms with Gasteiger partial charge in [0, 0.05) is 12.2 Å². The fraction of sp³-hybridized carbons (Fsp3) is 0.400. The third kappa shape index (κ3) is 5.08. The maximum Gasteiger partial charge on any atom is 0.337 e. The van der Waals surface area contributed by atoms with Gasteiger partial charge in [0.1, 0.15) is 0 Å². The zero-order chi connectivity index (χ0) is 16.5. The van der Waals surface area contributed by atoms with Crippen LogP contribution in [-0.4, -0.2) is 45.3 Å². The van der Waals surface area contributed by atoms with Crippen LogP contribution >= 0.6 is 0 Å². The highest BCUT2D eigenvalue weighted by atomic mass is 16.5. The third-order valence-electron chi connectivity index (χ3n) is 2.74. The number of carbonyl (C=O) groups excluding carboxylic acids is 3. The van der Waals surface area contributed by atoms with Crippen molar-refractivity contribution in [2.45, 2.75) is 13.3 Å². The van der Waals surface area contributed by atoms with Crippen LogP contribution in [0.5, 0.6) is 0 Å². The van der Waals surface area contributed by atoms with Crippen LogP contribution in [0.1, 0.15) is 34.1 Å².